The minimum Gasteiger partial charge on any atom is -0.467 e. The van der Waals surface area contributed by atoms with Gasteiger partial charge < -0.3 is 15.4 Å². The van der Waals surface area contributed by atoms with Gasteiger partial charge in [0, 0.05) is 24.1 Å². The van der Waals surface area contributed by atoms with Crippen LogP contribution in [0.4, 0.5) is 5.69 Å². The number of nitrogens with one attached hydrogen (secondary N) is 2. The largest absolute Gasteiger partial charge is 0.467 e. The molecule has 0 fully saturated rings. The van der Waals surface area contributed by atoms with Gasteiger partial charge in [0.25, 0.3) is 5.91 Å². The number of benzene rings is 3. The van der Waals surface area contributed by atoms with Crippen molar-refractivity contribution in [3.8, 4) is 11.1 Å². The number of esters is 1. The second-order valence-electron chi connectivity index (χ2n) is 7.39. The van der Waals surface area contributed by atoms with E-state index in [-0.39, 0.29) is 11.8 Å². The van der Waals surface area contributed by atoms with E-state index in [0.29, 0.717) is 11.3 Å². The molecule has 0 saturated carbocycles. The molecule has 0 saturated heterocycles. The molecule has 2 N–H and O–H groups in total. The second-order valence-corrected chi connectivity index (χ2v) is 7.39. The molecule has 4 rings (SSSR count). The van der Waals surface area contributed by atoms with Crippen LogP contribution >= 0.6 is 0 Å². The van der Waals surface area contributed by atoms with Crippen LogP contribution < -0.4 is 10.6 Å². The van der Waals surface area contributed by atoms with Crippen LogP contribution in [0.2, 0.25) is 0 Å². The van der Waals surface area contributed by atoms with Gasteiger partial charge in [0.05, 0.1) is 7.11 Å². The summed E-state index contributed by atoms with van der Waals surface area (Å²) in [4.78, 5) is 37.2. The third kappa shape index (κ3) is 3.92. The van der Waals surface area contributed by atoms with Crippen LogP contribution in [0.1, 0.15) is 34.3 Å². The van der Waals surface area contributed by atoms with Gasteiger partial charge in [-0.05, 0) is 40.5 Å². The number of hydrogen-bond acceptors (Lipinski definition) is 4. The summed E-state index contributed by atoms with van der Waals surface area (Å²) in [6.45, 7) is 1.40. The van der Waals surface area contributed by atoms with Crippen molar-refractivity contribution in [1.29, 1.82) is 0 Å². The highest BCUT2D eigenvalue weighted by Crippen LogP contribution is 2.46. The topological polar surface area (TPSA) is 84.5 Å². The van der Waals surface area contributed by atoms with E-state index in [1.54, 1.807) is 24.3 Å². The van der Waals surface area contributed by atoms with Crippen LogP contribution in [0, 0.1) is 0 Å². The minimum atomic E-state index is -0.910. The molecular weight excluding hydrogens is 392 g/mol. The molecule has 6 heteroatoms. The predicted octanol–water partition coefficient (Wildman–Crippen LogP) is 3.73. The third-order valence-electron chi connectivity index (χ3n) is 5.40. The van der Waals surface area contributed by atoms with Gasteiger partial charge in [-0.3, -0.25) is 9.59 Å². The summed E-state index contributed by atoms with van der Waals surface area (Å²) >= 11 is 0. The first-order valence-electron chi connectivity index (χ1n) is 9.94. The fourth-order valence-corrected chi connectivity index (χ4v) is 4.12. The third-order valence-corrected chi connectivity index (χ3v) is 5.40. The summed E-state index contributed by atoms with van der Waals surface area (Å²) in [5.41, 5.74) is 4.85. The molecule has 1 atom stereocenters. The molecule has 0 heterocycles. The first-order chi connectivity index (χ1) is 15.0. The fraction of sp³-hybridized carbons (Fsp3) is 0.160. The minimum absolute atomic E-state index is 0.232. The first kappa shape index (κ1) is 20.3. The number of hydrogen-bond donors (Lipinski definition) is 2. The Morgan fingerprint density at radius 1 is 0.871 bits per heavy atom. The Morgan fingerprint density at radius 3 is 2.06 bits per heavy atom. The summed E-state index contributed by atoms with van der Waals surface area (Å²) in [6.07, 6.45) is 0. The van der Waals surface area contributed by atoms with Crippen molar-refractivity contribution in [2.75, 3.05) is 12.4 Å². The molecule has 0 aromatic heterocycles. The summed E-state index contributed by atoms with van der Waals surface area (Å²) in [6, 6.07) is 21.4. The fourth-order valence-electron chi connectivity index (χ4n) is 4.12. The molecule has 1 aliphatic rings. The second kappa shape index (κ2) is 8.44. The Bertz CT molecular complexity index is 1130. The lowest BCUT2D eigenvalue weighted by atomic mass is 9.89. The molecular formula is C25H22N2O4. The Kier molecular flexibility index (Phi) is 5.54. The van der Waals surface area contributed by atoms with Gasteiger partial charge in [0.15, 0.2) is 0 Å². The molecule has 2 amide bonds. The maximum absolute atomic E-state index is 13.1. The SMILES string of the molecule is COC(=O)[C@@H](NC(=O)c1cccc(NC(C)=O)c1)C1c2ccccc2-c2ccccc21. The van der Waals surface area contributed by atoms with Gasteiger partial charge in [0.1, 0.15) is 6.04 Å². The van der Waals surface area contributed by atoms with Crippen molar-refractivity contribution in [1.82, 2.24) is 5.32 Å². The van der Waals surface area contributed by atoms with Crippen LogP contribution in [-0.4, -0.2) is 30.9 Å². The zero-order valence-electron chi connectivity index (χ0n) is 17.2. The zero-order valence-corrected chi connectivity index (χ0v) is 17.2. The molecule has 0 aliphatic heterocycles. The standard InChI is InChI=1S/C25H22N2O4/c1-15(28)26-17-9-7-8-16(14-17)24(29)27-23(25(30)31-2)22-20-12-5-3-10-18(20)19-11-4-6-13-21(19)22/h3-14,22-23H,1-2H3,(H,26,28)(H,27,29)/t23-/m0/s1. The number of rotatable bonds is 5. The van der Waals surface area contributed by atoms with Gasteiger partial charge in [-0.2, -0.15) is 0 Å². The molecule has 3 aromatic rings. The van der Waals surface area contributed by atoms with E-state index >= 15 is 0 Å². The van der Waals surface area contributed by atoms with Gasteiger partial charge >= 0.3 is 5.97 Å². The molecule has 0 spiro atoms. The Morgan fingerprint density at radius 2 is 1.48 bits per heavy atom. The lowest BCUT2D eigenvalue weighted by Gasteiger charge is -2.24. The van der Waals surface area contributed by atoms with E-state index < -0.39 is 17.9 Å². The first-order valence-corrected chi connectivity index (χ1v) is 9.94. The van der Waals surface area contributed by atoms with Crippen molar-refractivity contribution in [2.24, 2.45) is 0 Å². The molecule has 31 heavy (non-hydrogen) atoms. The van der Waals surface area contributed by atoms with E-state index in [0.717, 1.165) is 22.3 Å². The number of fused-ring (bicyclic) bond motifs is 3. The van der Waals surface area contributed by atoms with Crippen molar-refractivity contribution in [3.63, 3.8) is 0 Å². The number of ether oxygens (including phenoxy) is 1. The highest BCUT2D eigenvalue weighted by atomic mass is 16.5. The Labute approximate surface area is 180 Å². The predicted molar refractivity (Wildman–Crippen MR) is 118 cm³/mol. The van der Waals surface area contributed by atoms with Crippen molar-refractivity contribution < 1.29 is 19.1 Å². The molecule has 156 valence electrons. The van der Waals surface area contributed by atoms with Gasteiger partial charge in [0.2, 0.25) is 5.91 Å². The normalized spacial score (nSPS) is 13.0. The van der Waals surface area contributed by atoms with E-state index in [2.05, 4.69) is 10.6 Å². The lowest BCUT2D eigenvalue weighted by molar-refractivity contribution is -0.143. The Hall–Kier alpha value is -3.93. The number of carbonyl (C=O) groups excluding carboxylic acids is 3. The summed E-state index contributed by atoms with van der Waals surface area (Å²) < 4.78 is 5.06. The molecule has 6 nitrogen and oxygen atoms in total. The van der Waals surface area contributed by atoms with Crippen LogP contribution in [0.5, 0.6) is 0 Å². The van der Waals surface area contributed by atoms with Crippen LogP contribution in [0.15, 0.2) is 72.8 Å². The lowest BCUT2D eigenvalue weighted by Crippen LogP contribution is -2.45. The summed E-state index contributed by atoms with van der Waals surface area (Å²) in [5, 5.41) is 5.52. The Balaban J connectivity index is 1.70. The number of amides is 2. The van der Waals surface area contributed by atoms with Gasteiger partial charge in [-0.15, -0.1) is 0 Å². The number of carbonyl (C=O) groups is 3. The summed E-state index contributed by atoms with van der Waals surface area (Å²) in [7, 11) is 1.31. The van der Waals surface area contributed by atoms with Crippen molar-refractivity contribution in [3.05, 3.63) is 89.5 Å². The van der Waals surface area contributed by atoms with Gasteiger partial charge in [-0.1, -0.05) is 54.6 Å². The quantitative estimate of drug-likeness (QED) is 0.623. The van der Waals surface area contributed by atoms with Gasteiger partial charge in [-0.25, -0.2) is 4.79 Å². The van der Waals surface area contributed by atoms with E-state index in [1.165, 1.54) is 14.0 Å². The highest BCUT2D eigenvalue weighted by molar-refractivity contribution is 5.99. The maximum atomic E-state index is 13.1. The molecule has 0 bridgehead atoms. The molecule has 1 aliphatic carbocycles. The average Bonchev–Trinajstić information content (AvgIpc) is 3.11. The van der Waals surface area contributed by atoms with E-state index in [1.807, 2.05) is 48.5 Å². The molecule has 3 aromatic carbocycles. The van der Waals surface area contributed by atoms with Crippen LogP contribution in [0.3, 0.4) is 0 Å². The smallest absolute Gasteiger partial charge is 0.329 e. The number of methoxy groups -OCH3 is 1. The maximum Gasteiger partial charge on any atom is 0.329 e. The average molecular weight is 414 g/mol. The van der Waals surface area contributed by atoms with E-state index in [4.69, 9.17) is 4.74 Å². The monoisotopic (exact) mass is 414 g/mol. The zero-order chi connectivity index (χ0) is 22.0. The van der Waals surface area contributed by atoms with E-state index in [9.17, 15) is 14.4 Å². The molecule has 0 unspecified atom stereocenters. The molecule has 0 radical (unpaired) electrons. The van der Waals surface area contributed by atoms with Crippen molar-refractivity contribution >= 4 is 23.5 Å². The summed E-state index contributed by atoms with van der Waals surface area (Å²) in [5.74, 6) is -1.56. The van der Waals surface area contributed by atoms with Crippen molar-refractivity contribution in [2.45, 2.75) is 18.9 Å². The number of anilines is 1. The highest BCUT2D eigenvalue weighted by Gasteiger charge is 2.39. The van der Waals surface area contributed by atoms with Crippen LogP contribution in [-0.2, 0) is 14.3 Å². The van der Waals surface area contributed by atoms with Crippen LogP contribution in [0.25, 0.3) is 11.1 Å².